The van der Waals surface area contributed by atoms with E-state index in [9.17, 15) is 9.90 Å². The van der Waals surface area contributed by atoms with Gasteiger partial charge in [-0.15, -0.1) is 0 Å². The number of hydrogen-bond acceptors (Lipinski definition) is 3. The van der Waals surface area contributed by atoms with E-state index in [2.05, 4.69) is 0 Å². The molecule has 1 N–H and O–H groups in total. The van der Waals surface area contributed by atoms with Gasteiger partial charge in [-0.05, 0) is 35.2 Å². The molecule has 1 heterocycles. The van der Waals surface area contributed by atoms with Gasteiger partial charge >= 0.3 is 0 Å². The molecule has 0 bridgehead atoms. The summed E-state index contributed by atoms with van der Waals surface area (Å²) in [5.41, 5.74) is -1.93. The topological polar surface area (TPSA) is 49.8 Å². The Bertz CT molecular complexity index is 785. The molecular formula is C21H24FNO3. The number of hydrogen-bond donors (Lipinski definition) is 1. The summed E-state index contributed by atoms with van der Waals surface area (Å²) >= 11 is 0. The predicted molar refractivity (Wildman–Crippen MR) is 99.0 cm³/mol. The number of nitrogens with zero attached hydrogens (tertiary/aromatic N) is 1. The molecule has 1 unspecified atom stereocenters. The Labute approximate surface area is 153 Å². The molecule has 1 aliphatic rings. The number of β-lactam (4-membered cyclic amide) rings is 1. The van der Waals surface area contributed by atoms with Crippen molar-refractivity contribution in [3.05, 3.63) is 60.2 Å². The van der Waals surface area contributed by atoms with E-state index in [1.165, 1.54) is 4.90 Å². The highest BCUT2D eigenvalue weighted by molar-refractivity contribution is 6.09. The normalized spacial score (nSPS) is 24.2. The molecular weight excluding hydrogens is 333 g/mol. The molecule has 0 radical (unpaired) electrons. The summed E-state index contributed by atoms with van der Waals surface area (Å²) in [4.78, 5) is 14.3. The second-order valence-electron chi connectivity index (χ2n) is 7.72. The van der Waals surface area contributed by atoms with Gasteiger partial charge in [0.1, 0.15) is 17.9 Å². The smallest absolute Gasteiger partial charge is 0.270 e. The van der Waals surface area contributed by atoms with E-state index in [1.54, 1.807) is 76.4 Å². The summed E-state index contributed by atoms with van der Waals surface area (Å²) in [6.45, 7) is 5.18. The number of benzene rings is 2. The Morgan fingerprint density at radius 3 is 2.19 bits per heavy atom. The summed E-state index contributed by atoms with van der Waals surface area (Å²) < 4.78 is 21.1. The number of anilines is 1. The SMILES string of the molecule is COc1ccc(N2C(=O)[C@@](F)(C(O)C(C)(C)C)[C@@H]2c2ccccc2)cc1. The van der Waals surface area contributed by atoms with Crippen LogP contribution in [0.5, 0.6) is 5.75 Å². The second-order valence-corrected chi connectivity index (χ2v) is 7.72. The third-order valence-corrected chi connectivity index (χ3v) is 4.89. The summed E-state index contributed by atoms with van der Waals surface area (Å²) in [6, 6.07) is 15.0. The fourth-order valence-corrected chi connectivity index (χ4v) is 3.47. The van der Waals surface area contributed by atoms with E-state index in [-0.39, 0.29) is 0 Å². The number of halogens is 1. The average Bonchev–Trinajstić information content (AvgIpc) is 2.64. The van der Waals surface area contributed by atoms with Crippen molar-refractivity contribution in [2.75, 3.05) is 12.0 Å². The van der Waals surface area contributed by atoms with Crippen LogP contribution in [0, 0.1) is 5.41 Å². The molecule has 4 nitrogen and oxygen atoms in total. The molecule has 2 aromatic rings. The molecule has 3 atom stereocenters. The number of rotatable bonds is 4. The molecule has 0 aliphatic carbocycles. The van der Waals surface area contributed by atoms with Crippen molar-refractivity contribution < 1.29 is 19.0 Å². The summed E-state index contributed by atoms with van der Waals surface area (Å²) in [5, 5.41) is 10.7. The van der Waals surface area contributed by atoms with Crippen LogP contribution in [0.15, 0.2) is 54.6 Å². The van der Waals surface area contributed by atoms with Gasteiger partial charge in [-0.25, -0.2) is 4.39 Å². The molecule has 2 aromatic carbocycles. The first kappa shape index (κ1) is 18.4. The molecule has 26 heavy (non-hydrogen) atoms. The summed E-state index contributed by atoms with van der Waals surface area (Å²) in [7, 11) is 1.56. The zero-order valence-electron chi connectivity index (χ0n) is 15.4. The van der Waals surface area contributed by atoms with Crippen LogP contribution in [0.4, 0.5) is 10.1 Å². The van der Waals surface area contributed by atoms with Gasteiger partial charge in [0.25, 0.3) is 5.91 Å². The Morgan fingerprint density at radius 2 is 1.69 bits per heavy atom. The standard InChI is InChI=1S/C21H24FNO3/c1-20(2,3)18(24)21(22)17(14-8-6-5-7-9-14)23(19(21)25)15-10-12-16(26-4)13-11-15/h5-13,17-18,24H,1-4H3/t17-,18?,21-/m0/s1. The molecule has 138 valence electrons. The lowest BCUT2D eigenvalue weighted by molar-refractivity contribution is -0.165. The monoisotopic (exact) mass is 357 g/mol. The minimum atomic E-state index is -2.38. The van der Waals surface area contributed by atoms with E-state index >= 15 is 4.39 Å². The predicted octanol–water partition coefficient (Wildman–Crippen LogP) is 3.90. The quantitative estimate of drug-likeness (QED) is 0.845. The maximum absolute atomic E-state index is 16.0. The first-order chi connectivity index (χ1) is 12.2. The van der Waals surface area contributed by atoms with E-state index in [0.717, 1.165) is 0 Å². The minimum Gasteiger partial charge on any atom is -0.497 e. The van der Waals surface area contributed by atoms with E-state index in [4.69, 9.17) is 4.74 Å². The Balaban J connectivity index is 2.06. The van der Waals surface area contributed by atoms with Gasteiger partial charge in [-0.1, -0.05) is 51.1 Å². The van der Waals surface area contributed by atoms with E-state index in [0.29, 0.717) is 17.0 Å². The Hall–Kier alpha value is -2.40. The van der Waals surface area contributed by atoms with Crippen molar-refractivity contribution in [3.8, 4) is 5.75 Å². The summed E-state index contributed by atoms with van der Waals surface area (Å²) in [5.74, 6) is -0.0711. The van der Waals surface area contributed by atoms with Gasteiger partial charge in [0.2, 0.25) is 5.67 Å². The second kappa shape index (κ2) is 6.40. The highest BCUT2D eigenvalue weighted by Crippen LogP contribution is 2.53. The number of ether oxygens (including phenoxy) is 1. The van der Waals surface area contributed by atoms with Crippen LogP contribution < -0.4 is 9.64 Å². The molecule has 5 heteroatoms. The van der Waals surface area contributed by atoms with Crippen molar-refractivity contribution in [3.63, 3.8) is 0 Å². The third kappa shape index (κ3) is 2.76. The molecule has 0 aromatic heterocycles. The van der Waals surface area contributed by atoms with Gasteiger partial charge in [0, 0.05) is 5.69 Å². The molecule has 0 saturated carbocycles. The van der Waals surface area contributed by atoms with Gasteiger partial charge in [0.15, 0.2) is 0 Å². The molecule has 1 aliphatic heterocycles. The summed E-state index contributed by atoms with van der Waals surface area (Å²) in [6.07, 6.45) is -1.43. The van der Waals surface area contributed by atoms with Crippen LogP contribution in [0.1, 0.15) is 32.4 Å². The first-order valence-corrected chi connectivity index (χ1v) is 8.61. The fourth-order valence-electron chi connectivity index (χ4n) is 3.47. The largest absolute Gasteiger partial charge is 0.497 e. The third-order valence-electron chi connectivity index (χ3n) is 4.89. The maximum Gasteiger partial charge on any atom is 0.270 e. The van der Waals surface area contributed by atoms with Crippen LogP contribution in [0.3, 0.4) is 0 Å². The van der Waals surface area contributed by atoms with Crippen LogP contribution in [-0.4, -0.2) is 29.9 Å². The first-order valence-electron chi connectivity index (χ1n) is 8.61. The lowest BCUT2D eigenvalue weighted by atomic mass is 9.68. The van der Waals surface area contributed by atoms with E-state index < -0.39 is 29.1 Å². The Kier molecular flexibility index (Phi) is 4.53. The number of carbonyl (C=O) groups excluding carboxylic acids is 1. The lowest BCUT2D eigenvalue weighted by Gasteiger charge is -2.55. The molecule has 3 rings (SSSR count). The van der Waals surface area contributed by atoms with Gasteiger partial charge in [0.05, 0.1) is 7.11 Å². The fraction of sp³-hybridized carbons (Fsp3) is 0.381. The van der Waals surface area contributed by atoms with Crippen molar-refractivity contribution in [2.45, 2.75) is 38.6 Å². The van der Waals surface area contributed by atoms with Crippen LogP contribution >= 0.6 is 0 Å². The van der Waals surface area contributed by atoms with Crippen molar-refractivity contribution in [1.82, 2.24) is 0 Å². The zero-order valence-corrected chi connectivity index (χ0v) is 15.4. The lowest BCUT2D eigenvalue weighted by Crippen LogP contribution is -2.73. The molecule has 1 amide bonds. The average molecular weight is 357 g/mol. The zero-order chi connectivity index (χ0) is 19.1. The maximum atomic E-state index is 16.0. The molecule has 1 fully saturated rings. The highest BCUT2D eigenvalue weighted by Gasteiger charge is 2.68. The van der Waals surface area contributed by atoms with Crippen molar-refractivity contribution in [2.24, 2.45) is 5.41 Å². The van der Waals surface area contributed by atoms with Gasteiger partial charge < -0.3 is 9.84 Å². The molecule has 1 saturated heterocycles. The molecule has 0 spiro atoms. The number of methoxy groups -OCH3 is 1. The van der Waals surface area contributed by atoms with Gasteiger partial charge in [-0.3, -0.25) is 9.69 Å². The number of amides is 1. The van der Waals surface area contributed by atoms with Crippen molar-refractivity contribution in [1.29, 1.82) is 0 Å². The number of aliphatic hydroxyl groups is 1. The van der Waals surface area contributed by atoms with Crippen LogP contribution in [0.2, 0.25) is 0 Å². The van der Waals surface area contributed by atoms with Gasteiger partial charge in [-0.2, -0.15) is 0 Å². The van der Waals surface area contributed by atoms with E-state index in [1.807, 2.05) is 6.07 Å². The number of carbonyl (C=O) groups is 1. The number of aliphatic hydroxyl groups excluding tert-OH is 1. The highest BCUT2D eigenvalue weighted by atomic mass is 19.1. The number of alkyl halides is 1. The van der Waals surface area contributed by atoms with Crippen LogP contribution in [0.25, 0.3) is 0 Å². The Morgan fingerprint density at radius 1 is 1.12 bits per heavy atom. The van der Waals surface area contributed by atoms with Crippen molar-refractivity contribution >= 4 is 11.6 Å². The van der Waals surface area contributed by atoms with Crippen LogP contribution in [-0.2, 0) is 4.79 Å². The minimum absolute atomic E-state index is 0.569.